The van der Waals surface area contributed by atoms with Crippen LogP contribution in [-0.2, 0) is 11.2 Å². The molecule has 4 rings (SSSR count). The smallest absolute Gasteiger partial charge is 0.127 e. The predicted octanol–water partition coefficient (Wildman–Crippen LogP) is 4.18. The van der Waals surface area contributed by atoms with Gasteiger partial charge in [-0.3, -0.25) is 0 Å². The van der Waals surface area contributed by atoms with E-state index in [0.29, 0.717) is 12.5 Å². The first-order chi connectivity index (χ1) is 10.8. The maximum absolute atomic E-state index is 9.24. The topological polar surface area (TPSA) is 33.0 Å². The monoisotopic (exact) mass is 287 g/mol. The number of allylic oxidation sites excluding steroid dienone is 5. The number of hydrogen-bond donors (Lipinski definition) is 0. The van der Waals surface area contributed by atoms with E-state index in [1.165, 1.54) is 11.1 Å². The Hall–Kier alpha value is -2.53. The molecule has 0 N–H and O–H groups in total. The Kier molecular flexibility index (Phi) is 2.84. The normalized spacial score (nSPS) is 27.6. The van der Waals surface area contributed by atoms with Crippen LogP contribution in [0, 0.1) is 22.7 Å². The number of nitrogens with zero attached hydrogens (tertiary/aromatic N) is 1. The van der Waals surface area contributed by atoms with Crippen LogP contribution in [0.1, 0.15) is 17.5 Å². The number of fused-ring (bicyclic) bond motifs is 1. The van der Waals surface area contributed by atoms with Crippen molar-refractivity contribution in [3.05, 3.63) is 77.4 Å². The molecule has 0 amide bonds. The zero-order valence-electron chi connectivity index (χ0n) is 12.4. The zero-order valence-corrected chi connectivity index (χ0v) is 12.4. The first-order valence-electron chi connectivity index (χ1n) is 7.64. The van der Waals surface area contributed by atoms with Crippen molar-refractivity contribution in [2.24, 2.45) is 11.3 Å². The average molecular weight is 287 g/mol. The highest BCUT2D eigenvalue weighted by atomic mass is 16.5. The second-order valence-corrected chi connectivity index (χ2v) is 6.24. The van der Waals surface area contributed by atoms with E-state index in [9.17, 15) is 5.26 Å². The van der Waals surface area contributed by atoms with E-state index in [1.807, 2.05) is 12.1 Å². The Labute approximate surface area is 130 Å². The molecule has 0 aliphatic heterocycles. The van der Waals surface area contributed by atoms with Crippen molar-refractivity contribution < 1.29 is 4.74 Å². The van der Waals surface area contributed by atoms with Gasteiger partial charge in [0.15, 0.2) is 0 Å². The summed E-state index contributed by atoms with van der Waals surface area (Å²) in [5.74, 6) is 1.38. The second-order valence-electron chi connectivity index (χ2n) is 6.24. The Morgan fingerprint density at radius 3 is 3.05 bits per heavy atom. The van der Waals surface area contributed by atoms with Crippen molar-refractivity contribution >= 4 is 5.76 Å². The van der Waals surface area contributed by atoms with Crippen molar-refractivity contribution in [2.45, 2.75) is 12.8 Å². The highest BCUT2D eigenvalue weighted by molar-refractivity contribution is 5.71. The highest BCUT2D eigenvalue weighted by Gasteiger charge is 2.57. The van der Waals surface area contributed by atoms with Gasteiger partial charge < -0.3 is 4.74 Å². The van der Waals surface area contributed by atoms with Crippen molar-refractivity contribution in [1.82, 2.24) is 0 Å². The van der Waals surface area contributed by atoms with Gasteiger partial charge in [0.2, 0.25) is 0 Å². The number of nitriles is 1. The average Bonchev–Trinajstić information content (AvgIpc) is 3.27. The summed E-state index contributed by atoms with van der Waals surface area (Å²) in [7, 11) is 0. The van der Waals surface area contributed by atoms with Crippen molar-refractivity contribution in [2.75, 3.05) is 6.61 Å². The lowest BCUT2D eigenvalue weighted by Gasteiger charge is -2.20. The van der Waals surface area contributed by atoms with Crippen LogP contribution in [0.3, 0.4) is 0 Å². The molecule has 0 bridgehead atoms. The van der Waals surface area contributed by atoms with E-state index in [2.05, 4.69) is 43.0 Å². The Balaban J connectivity index is 1.85. The van der Waals surface area contributed by atoms with Gasteiger partial charge >= 0.3 is 0 Å². The van der Waals surface area contributed by atoms with Gasteiger partial charge in [-0.05, 0) is 42.0 Å². The third kappa shape index (κ3) is 1.86. The zero-order chi connectivity index (χ0) is 15.2. The molecule has 1 saturated carbocycles. The molecule has 1 spiro atoms. The van der Waals surface area contributed by atoms with Gasteiger partial charge in [0.1, 0.15) is 12.4 Å². The third-order valence-electron chi connectivity index (χ3n) is 4.96. The molecule has 3 aliphatic carbocycles. The van der Waals surface area contributed by atoms with Crippen LogP contribution < -0.4 is 0 Å². The van der Waals surface area contributed by atoms with Gasteiger partial charge in [0.25, 0.3) is 0 Å². The molecule has 2 unspecified atom stereocenters. The maximum Gasteiger partial charge on any atom is 0.127 e. The molecule has 1 aromatic rings. The Morgan fingerprint density at radius 2 is 2.23 bits per heavy atom. The highest BCUT2D eigenvalue weighted by Crippen LogP contribution is 2.64. The fourth-order valence-electron chi connectivity index (χ4n) is 3.76. The molecule has 0 radical (unpaired) electrons. The molecule has 22 heavy (non-hydrogen) atoms. The van der Waals surface area contributed by atoms with Gasteiger partial charge in [0, 0.05) is 16.6 Å². The van der Waals surface area contributed by atoms with Crippen molar-refractivity contribution in [3.63, 3.8) is 0 Å². The summed E-state index contributed by atoms with van der Waals surface area (Å²) < 4.78 is 5.92. The van der Waals surface area contributed by atoms with E-state index in [1.54, 1.807) is 6.08 Å². The molecule has 2 heteroatoms. The minimum absolute atomic E-state index is 0.176. The van der Waals surface area contributed by atoms with E-state index in [-0.39, 0.29) is 5.41 Å². The van der Waals surface area contributed by atoms with E-state index >= 15 is 0 Å². The fraction of sp³-hybridized carbons (Fsp3) is 0.250. The summed E-state index contributed by atoms with van der Waals surface area (Å²) in [5.41, 5.74) is 4.69. The largest absolute Gasteiger partial charge is 0.489 e. The summed E-state index contributed by atoms with van der Waals surface area (Å²) in [4.78, 5) is 0. The number of rotatable bonds is 3. The minimum atomic E-state index is 0.176. The molecular formula is C20H17NO. The number of hydrogen-bond acceptors (Lipinski definition) is 2. The van der Waals surface area contributed by atoms with E-state index in [4.69, 9.17) is 4.74 Å². The lowest BCUT2D eigenvalue weighted by molar-refractivity contribution is 0.319. The van der Waals surface area contributed by atoms with Crippen molar-refractivity contribution in [1.29, 1.82) is 5.26 Å². The molecule has 1 fully saturated rings. The van der Waals surface area contributed by atoms with Crippen LogP contribution in [0.15, 0.2) is 66.3 Å². The van der Waals surface area contributed by atoms with Gasteiger partial charge in [-0.1, -0.05) is 43.0 Å². The van der Waals surface area contributed by atoms with Gasteiger partial charge in [-0.15, -0.1) is 0 Å². The first-order valence-corrected chi connectivity index (χ1v) is 7.64. The molecule has 0 saturated heterocycles. The predicted molar refractivity (Wildman–Crippen MR) is 86.6 cm³/mol. The second kappa shape index (κ2) is 4.74. The number of ether oxygens (including phenoxy) is 1. The van der Waals surface area contributed by atoms with Gasteiger partial charge in [-0.25, -0.2) is 0 Å². The molecule has 108 valence electrons. The number of benzene rings is 1. The van der Waals surface area contributed by atoms with E-state index in [0.717, 1.165) is 29.7 Å². The van der Waals surface area contributed by atoms with Crippen LogP contribution in [0.2, 0.25) is 0 Å². The SMILES string of the molecule is C=CCOC1=CC2=CC(C#N)=CC3CC23Cc2ccccc21. The van der Waals surface area contributed by atoms with Gasteiger partial charge in [-0.2, -0.15) is 5.26 Å². The summed E-state index contributed by atoms with van der Waals surface area (Å²) in [6.45, 7) is 4.23. The quantitative estimate of drug-likeness (QED) is 0.781. The molecule has 0 aromatic heterocycles. The van der Waals surface area contributed by atoms with Gasteiger partial charge in [0.05, 0.1) is 6.07 Å². The molecule has 2 nitrogen and oxygen atoms in total. The molecular weight excluding hydrogens is 270 g/mol. The Bertz CT molecular complexity index is 790. The van der Waals surface area contributed by atoms with E-state index < -0.39 is 0 Å². The van der Waals surface area contributed by atoms with Crippen LogP contribution in [-0.4, -0.2) is 6.61 Å². The third-order valence-corrected chi connectivity index (χ3v) is 4.96. The van der Waals surface area contributed by atoms with Crippen LogP contribution in [0.4, 0.5) is 0 Å². The molecule has 0 heterocycles. The first kappa shape index (κ1) is 13.2. The fourth-order valence-corrected chi connectivity index (χ4v) is 3.76. The lowest BCUT2D eigenvalue weighted by atomic mass is 9.83. The lowest BCUT2D eigenvalue weighted by Crippen LogP contribution is -2.12. The molecule has 1 aromatic carbocycles. The summed E-state index contributed by atoms with van der Waals surface area (Å²) in [5, 5.41) is 9.24. The minimum Gasteiger partial charge on any atom is -0.489 e. The molecule has 2 atom stereocenters. The van der Waals surface area contributed by atoms with Crippen LogP contribution in [0.25, 0.3) is 5.76 Å². The van der Waals surface area contributed by atoms with Crippen LogP contribution in [0.5, 0.6) is 0 Å². The maximum atomic E-state index is 9.24. The summed E-state index contributed by atoms with van der Waals surface area (Å²) in [6.07, 6.45) is 10.2. The Morgan fingerprint density at radius 1 is 1.36 bits per heavy atom. The summed E-state index contributed by atoms with van der Waals surface area (Å²) >= 11 is 0. The van der Waals surface area contributed by atoms with Crippen LogP contribution >= 0.6 is 0 Å². The molecule has 3 aliphatic rings. The van der Waals surface area contributed by atoms with Crippen molar-refractivity contribution in [3.8, 4) is 6.07 Å². The summed E-state index contributed by atoms with van der Waals surface area (Å²) in [6, 6.07) is 10.7. The standard InChI is InChI=1S/C20H17NO/c1-2-7-22-19-10-16-8-14(13-21)9-17-12-20(16,17)11-15-5-3-4-6-18(15)19/h2-6,8-10,17H,1,7,11-12H2.